The number of thiol groups is 1. The third-order valence-electron chi connectivity index (χ3n) is 2.92. The molecule has 0 bridgehead atoms. The molecule has 1 aromatic carbocycles. The third kappa shape index (κ3) is 2.90. The lowest BCUT2D eigenvalue weighted by Gasteiger charge is -2.27. The highest BCUT2D eigenvalue weighted by atomic mass is 35.5. The van der Waals surface area contributed by atoms with Gasteiger partial charge < -0.3 is 9.47 Å². The van der Waals surface area contributed by atoms with Gasteiger partial charge in [0.1, 0.15) is 0 Å². The number of hydrogen-bond donors (Lipinski definition) is 1. The van der Waals surface area contributed by atoms with Crippen molar-refractivity contribution in [1.29, 1.82) is 0 Å². The van der Waals surface area contributed by atoms with E-state index in [0.717, 1.165) is 17.1 Å². The molecule has 0 aliphatic rings. The molecule has 1 aromatic heterocycles. The number of hydrogen-bond acceptors (Lipinski definition) is 2. The Hall–Kier alpha value is -1.29. The van der Waals surface area contributed by atoms with Crippen LogP contribution in [0.3, 0.4) is 0 Å². The fourth-order valence-corrected chi connectivity index (χ4v) is 2.70. The highest BCUT2D eigenvalue weighted by molar-refractivity contribution is 7.84. The standard InChI is InChI=1S/C15H14Cl2N2S/c1-10(14-5-4-8-18(14)3)19(11(2)20)15-7-6-12(16)9-13(15)17/h4-9,20H,1-2H2,3H3. The molecule has 0 fully saturated rings. The second-order valence-corrected chi connectivity index (χ2v) is 5.66. The molecule has 0 N–H and O–H groups in total. The smallest absolute Gasteiger partial charge is 0.0696 e. The first-order valence-corrected chi connectivity index (χ1v) is 7.06. The minimum Gasteiger partial charge on any atom is -0.349 e. The van der Waals surface area contributed by atoms with Gasteiger partial charge in [0.2, 0.25) is 0 Å². The molecule has 0 spiro atoms. The minimum atomic E-state index is 0.517. The van der Waals surface area contributed by atoms with Crippen molar-refractivity contribution < 1.29 is 0 Å². The Morgan fingerprint density at radius 3 is 2.45 bits per heavy atom. The van der Waals surface area contributed by atoms with E-state index >= 15 is 0 Å². The average molecular weight is 325 g/mol. The molecule has 0 saturated carbocycles. The second-order valence-electron chi connectivity index (χ2n) is 4.30. The van der Waals surface area contributed by atoms with Crippen LogP contribution in [-0.2, 0) is 7.05 Å². The quantitative estimate of drug-likeness (QED) is 0.759. The summed E-state index contributed by atoms with van der Waals surface area (Å²) in [7, 11) is 1.95. The Bertz CT molecular complexity index is 676. The largest absolute Gasteiger partial charge is 0.349 e. The number of aromatic nitrogens is 1. The Labute approximate surface area is 134 Å². The fourth-order valence-electron chi connectivity index (χ4n) is 1.98. The SMILES string of the molecule is C=C(S)N(C(=C)c1cccn1C)c1ccc(Cl)cc1Cl. The molecule has 0 atom stereocenters. The summed E-state index contributed by atoms with van der Waals surface area (Å²) in [6.07, 6.45) is 1.95. The van der Waals surface area contributed by atoms with Gasteiger partial charge in [-0.05, 0) is 30.3 Å². The summed E-state index contributed by atoms with van der Waals surface area (Å²) in [5.74, 6) is 0. The van der Waals surface area contributed by atoms with Crippen molar-refractivity contribution in [3.05, 3.63) is 70.5 Å². The first-order chi connectivity index (χ1) is 9.41. The summed E-state index contributed by atoms with van der Waals surface area (Å²) in [6.45, 7) is 8.01. The van der Waals surface area contributed by atoms with Crippen LogP contribution in [-0.4, -0.2) is 4.57 Å². The van der Waals surface area contributed by atoms with Gasteiger partial charge in [-0.25, -0.2) is 0 Å². The zero-order chi connectivity index (χ0) is 14.9. The molecule has 2 nitrogen and oxygen atoms in total. The number of benzene rings is 1. The number of nitrogens with zero attached hydrogens (tertiary/aromatic N) is 2. The molecule has 0 aliphatic heterocycles. The van der Waals surface area contributed by atoms with Crippen molar-refractivity contribution in [1.82, 2.24) is 4.57 Å². The number of aryl methyl sites for hydroxylation is 1. The predicted molar refractivity (Wildman–Crippen MR) is 91.5 cm³/mol. The highest BCUT2D eigenvalue weighted by Crippen LogP contribution is 2.36. The van der Waals surface area contributed by atoms with Gasteiger partial charge in [0, 0.05) is 18.3 Å². The van der Waals surface area contributed by atoms with Gasteiger partial charge in [-0.2, -0.15) is 0 Å². The van der Waals surface area contributed by atoms with Crippen molar-refractivity contribution >= 4 is 47.2 Å². The van der Waals surface area contributed by atoms with Gasteiger partial charge in [-0.15, -0.1) is 12.6 Å². The van der Waals surface area contributed by atoms with Crippen LogP contribution in [0.15, 0.2) is 54.7 Å². The maximum atomic E-state index is 6.26. The van der Waals surface area contributed by atoms with Crippen LogP contribution in [0, 0.1) is 0 Å². The van der Waals surface area contributed by atoms with Crippen LogP contribution in [0.25, 0.3) is 5.70 Å². The molecule has 104 valence electrons. The van der Waals surface area contributed by atoms with E-state index in [-0.39, 0.29) is 0 Å². The molecule has 0 radical (unpaired) electrons. The number of anilines is 1. The van der Waals surface area contributed by atoms with Crippen molar-refractivity contribution in [3.8, 4) is 0 Å². The van der Waals surface area contributed by atoms with Crippen LogP contribution < -0.4 is 4.90 Å². The molecule has 0 saturated heterocycles. The molecule has 2 rings (SSSR count). The molecule has 2 aromatic rings. The second kappa shape index (κ2) is 6.00. The van der Waals surface area contributed by atoms with Crippen molar-refractivity contribution in [2.24, 2.45) is 7.05 Å². The zero-order valence-electron chi connectivity index (χ0n) is 11.0. The van der Waals surface area contributed by atoms with E-state index < -0.39 is 0 Å². The van der Waals surface area contributed by atoms with Crippen LogP contribution >= 0.6 is 35.8 Å². The lowest BCUT2D eigenvalue weighted by Crippen LogP contribution is -2.18. The third-order valence-corrected chi connectivity index (χ3v) is 3.66. The molecule has 0 unspecified atom stereocenters. The van der Waals surface area contributed by atoms with Crippen LogP contribution in [0.2, 0.25) is 10.0 Å². The Kier molecular flexibility index (Phi) is 4.53. The Balaban J connectivity index is 2.50. The first kappa shape index (κ1) is 15.1. The van der Waals surface area contributed by atoms with Gasteiger partial charge in [0.05, 0.1) is 27.1 Å². The summed E-state index contributed by atoms with van der Waals surface area (Å²) in [4.78, 5) is 1.79. The van der Waals surface area contributed by atoms with E-state index in [4.69, 9.17) is 23.2 Å². The molecule has 0 amide bonds. The van der Waals surface area contributed by atoms with Crippen LogP contribution in [0.4, 0.5) is 5.69 Å². The van der Waals surface area contributed by atoms with Crippen molar-refractivity contribution in [2.75, 3.05) is 4.90 Å². The monoisotopic (exact) mass is 324 g/mol. The molecule has 5 heteroatoms. The highest BCUT2D eigenvalue weighted by Gasteiger charge is 2.18. The van der Waals surface area contributed by atoms with Gasteiger partial charge in [-0.3, -0.25) is 0 Å². The lowest BCUT2D eigenvalue weighted by atomic mass is 10.2. The summed E-state index contributed by atoms with van der Waals surface area (Å²) in [6, 6.07) is 9.19. The average Bonchev–Trinajstić information content (AvgIpc) is 2.78. The van der Waals surface area contributed by atoms with E-state index in [9.17, 15) is 0 Å². The van der Waals surface area contributed by atoms with E-state index in [0.29, 0.717) is 15.1 Å². The van der Waals surface area contributed by atoms with E-state index in [1.165, 1.54) is 0 Å². The zero-order valence-corrected chi connectivity index (χ0v) is 13.4. The van der Waals surface area contributed by atoms with Crippen LogP contribution in [0.5, 0.6) is 0 Å². The summed E-state index contributed by atoms with van der Waals surface area (Å²) in [5.41, 5.74) is 2.43. The van der Waals surface area contributed by atoms with Gasteiger partial charge in [0.25, 0.3) is 0 Å². The fraction of sp³-hybridized carbons (Fsp3) is 0.0667. The maximum absolute atomic E-state index is 6.26. The minimum absolute atomic E-state index is 0.517. The molecule has 0 aliphatic carbocycles. The first-order valence-electron chi connectivity index (χ1n) is 5.85. The van der Waals surface area contributed by atoms with E-state index in [2.05, 4.69) is 25.8 Å². The van der Waals surface area contributed by atoms with Gasteiger partial charge in [0.15, 0.2) is 0 Å². The molecular formula is C15H14Cl2N2S. The molecule has 1 heterocycles. The van der Waals surface area contributed by atoms with Crippen molar-refractivity contribution in [2.45, 2.75) is 0 Å². The van der Waals surface area contributed by atoms with E-state index in [1.54, 1.807) is 17.0 Å². The molecular weight excluding hydrogens is 311 g/mol. The van der Waals surface area contributed by atoms with Crippen molar-refractivity contribution in [3.63, 3.8) is 0 Å². The Morgan fingerprint density at radius 1 is 1.25 bits per heavy atom. The predicted octanol–water partition coefficient (Wildman–Crippen LogP) is 5.21. The summed E-state index contributed by atoms with van der Waals surface area (Å²) in [5, 5.41) is 1.62. The number of rotatable bonds is 4. The van der Waals surface area contributed by atoms with Gasteiger partial charge >= 0.3 is 0 Å². The maximum Gasteiger partial charge on any atom is 0.0696 e. The lowest BCUT2D eigenvalue weighted by molar-refractivity contribution is 0.903. The van der Waals surface area contributed by atoms with Gasteiger partial charge in [-0.1, -0.05) is 36.4 Å². The molecule has 20 heavy (non-hydrogen) atoms. The van der Waals surface area contributed by atoms with E-state index in [1.807, 2.05) is 36.0 Å². The summed E-state index contributed by atoms with van der Waals surface area (Å²) < 4.78 is 1.97. The van der Waals surface area contributed by atoms with Crippen LogP contribution in [0.1, 0.15) is 5.69 Å². The topological polar surface area (TPSA) is 8.17 Å². The summed E-state index contributed by atoms with van der Waals surface area (Å²) >= 11 is 16.6. The number of halogens is 2. The normalized spacial score (nSPS) is 10.4. The Morgan fingerprint density at radius 2 is 1.95 bits per heavy atom.